The number of hydrogen-bond donors (Lipinski definition) is 1. The van der Waals surface area contributed by atoms with Gasteiger partial charge < -0.3 is 14.6 Å². The highest BCUT2D eigenvalue weighted by molar-refractivity contribution is 6.32. The highest BCUT2D eigenvalue weighted by atomic mass is 35.5. The molecule has 7 nitrogen and oxygen atoms in total. The number of nitrogens with zero attached hydrogens (tertiary/aromatic N) is 1. The van der Waals surface area contributed by atoms with Crippen molar-refractivity contribution in [1.82, 2.24) is 0 Å². The van der Waals surface area contributed by atoms with Gasteiger partial charge in [0.05, 0.1) is 4.92 Å². The first kappa shape index (κ1) is 15.8. The Labute approximate surface area is 140 Å². The predicted octanol–water partition coefficient (Wildman–Crippen LogP) is 4.42. The van der Waals surface area contributed by atoms with E-state index in [1.807, 2.05) is 0 Å². The molecule has 0 bridgehead atoms. The van der Waals surface area contributed by atoms with Gasteiger partial charge in [-0.1, -0.05) is 35.9 Å². The van der Waals surface area contributed by atoms with E-state index in [4.69, 9.17) is 26.2 Å². The maximum atomic E-state index is 11.1. The maximum Gasteiger partial charge on any atom is 0.511 e. The lowest BCUT2D eigenvalue weighted by Crippen LogP contribution is -2.18. The monoisotopic (exact) mass is 347 g/mol. The number of halogens is 1. The van der Waals surface area contributed by atoms with Crippen LogP contribution in [0, 0.1) is 10.1 Å². The summed E-state index contributed by atoms with van der Waals surface area (Å²) in [6.45, 7) is 0. The molecule has 8 heteroatoms. The smallest absolute Gasteiger partial charge is 0.477 e. The summed E-state index contributed by atoms with van der Waals surface area (Å²) in [4.78, 5) is 21.4. The second kappa shape index (κ2) is 6.21. The first-order valence-electron chi connectivity index (χ1n) is 6.77. The third-order valence-corrected chi connectivity index (χ3v) is 3.71. The first-order chi connectivity index (χ1) is 11.5. The SMILES string of the molecule is O=C(O)OC1=Cc2ccccc2OC1c1ccc(Cl)c([N+](=O)[O-])c1. The molecule has 0 fully saturated rings. The summed E-state index contributed by atoms with van der Waals surface area (Å²) >= 11 is 5.81. The van der Waals surface area contributed by atoms with Gasteiger partial charge in [-0.15, -0.1) is 0 Å². The van der Waals surface area contributed by atoms with E-state index in [0.717, 1.165) is 0 Å². The largest absolute Gasteiger partial charge is 0.511 e. The van der Waals surface area contributed by atoms with Gasteiger partial charge in [-0.05, 0) is 18.2 Å². The standard InChI is InChI=1S/C16H10ClNO6/c17-11-6-5-10(7-12(11)18(21)22)15-14(24-16(19)20)8-9-3-1-2-4-13(9)23-15/h1-8,15H,(H,19,20). The molecule has 0 saturated carbocycles. The predicted molar refractivity (Wildman–Crippen MR) is 85.0 cm³/mol. The van der Waals surface area contributed by atoms with Crippen LogP contribution in [0.4, 0.5) is 10.5 Å². The zero-order valence-corrected chi connectivity index (χ0v) is 12.8. The van der Waals surface area contributed by atoms with Crippen LogP contribution in [0.2, 0.25) is 5.02 Å². The molecule has 3 rings (SSSR count). The van der Waals surface area contributed by atoms with E-state index in [0.29, 0.717) is 16.9 Å². The molecule has 1 N–H and O–H groups in total. The number of rotatable bonds is 3. The molecule has 1 atom stereocenters. The molecule has 24 heavy (non-hydrogen) atoms. The molecule has 0 radical (unpaired) electrons. The summed E-state index contributed by atoms with van der Waals surface area (Å²) < 4.78 is 10.6. The molecule has 0 spiro atoms. The molecule has 122 valence electrons. The van der Waals surface area contributed by atoms with Gasteiger partial charge in [0.2, 0.25) is 0 Å². The van der Waals surface area contributed by atoms with E-state index >= 15 is 0 Å². The van der Waals surface area contributed by atoms with Crippen molar-refractivity contribution in [3.8, 4) is 5.75 Å². The van der Waals surface area contributed by atoms with Crippen molar-refractivity contribution in [3.05, 3.63) is 74.5 Å². The van der Waals surface area contributed by atoms with Crippen LogP contribution in [-0.4, -0.2) is 16.2 Å². The van der Waals surface area contributed by atoms with Gasteiger partial charge >= 0.3 is 6.16 Å². The molecule has 0 amide bonds. The van der Waals surface area contributed by atoms with Crippen LogP contribution < -0.4 is 4.74 Å². The fraction of sp³-hybridized carbons (Fsp3) is 0.0625. The Bertz CT molecular complexity index is 863. The van der Waals surface area contributed by atoms with Crippen molar-refractivity contribution in [2.75, 3.05) is 0 Å². The minimum atomic E-state index is -1.50. The number of para-hydroxylation sites is 1. The van der Waals surface area contributed by atoms with E-state index in [2.05, 4.69) is 0 Å². The minimum absolute atomic E-state index is 0.0119. The average Bonchev–Trinajstić information content (AvgIpc) is 2.54. The zero-order valence-electron chi connectivity index (χ0n) is 12.0. The molecule has 1 aliphatic heterocycles. The van der Waals surface area contributed by atoms with Crippen LogP contribution in [0.25, 0.3) is 6.08 Å². The lowest BCUT2D eigenvalue weighted by molar-refractivity contribution is -0.384. The van der Waals surface area contributed by atoms with E-state index in [9.17, 15) is 14.9 Å². The Kier molecular flexibility index (Phi) is 4.09. The normalized spacial score (nSPS) is 15.7. The van der Waals surface area contributed by atoms with Crippen LogP contribution in [-0.2, 0) is 4.74 Å². The fourth-order valence-corrected chi connectivity index (χ4v) is 2.56. The topological polar surface area (TPSA) is 98.9 Å². The van der Waals surface area contributed by atoms with Crippen molar-refractivity contribution < 1.29 is 24.3 Å². The van der Waals surface area contributed by atoms with E-state index in [1.54, 1.807) is 24.3 Å². The van der Waals surface area contributed by atoms with Crippen molar-refractivity contribution >= 4 is 29.5 Å². The zero-order chi connectivity index (χ0) is 17.3. The Balaban J connectivity index is 2.07. The lowest BCUT2D eigenvalue weighted by Gasteiger charge is -2.26. The highest BCUT2D eigenvalue weighted by Crippen LogP contribution is 2.39. The van der Waals surface area contributed by atoms with Crippen LogP contribution in [0.3, 0.4) is 0 Å². The second-order valence-corrected chi connectivity index (χ2v) is 5.33. The summed E-state index contributed by atoms with van der Waals surface area (Å²) in [6, 6.07) is 11.1. The fourth-order valence-electron chi connectivity index (χ4n) is 2.37. The van der Waals surface area contributed by atoms with Gasteiger partial charge in [0.25, 0.3) is 5.69 Å². The molecule has 0 aliphatic carbocycles. The van der Waals surface area contributed by atoms with Gasteiger partial charge in [0.15, 0.2) is 11.9 Å². The molecule has 1 unspecified atom stereocenters. The van der Waals surface area contributed by atoms with Crippen molar-refractivity contribution in [1.29, 1.82) is 0 Å². The van der Waals surface area contributed by atoms with E-state index in [1.165, 1.54) is 24.3 Å². The molecule has 0 saturated heterocycles. The summed E-state index contributed by atoms with van der Waals surface area (Å²) in [6.07, 6.45) is -0.914. The lowest BCUT2D eigenvalue weighted by atomic mass is 10.0. The van der Waals surface area contributed by atoms with Gasteiger partial charge in [0, 0.05) is 17.2 Å². The number of nitro groups is 1. The molecular formula is C16H10ClNO6. The van der Waals surface area contributed by atoms with Gasteiger partial charge in [0.1, 0.15) is 10.8 Å². The van der Waals surface area contributed by atoms with Gasteiger partial charge in [-0.3, -0.25) is 10.1 Å². The summed E-state index contributed by atoms with van der Waals surface area (Å²) in [7, 11) is 0. The third kappa shape index (κ3) is 3.02. The Morgan fingerprint density at radius 1 is 1.29 bits per heavy atom. The van der Waals surface area contributed by atoms with Crippen molar-refractivity contribution in [3.63, 3.8) is 0 Å². The number of carboxylic acid groups (broad SMARTS) is 1. The Hall–Kier alpha value is -3.06. The summed E-state index contributed by atoms with van der Waals surface area (Å²) in [5.41, 5.74) is 0.702. The number of fused-ring (bicyclic) bond motifs is 1. The molecular weight excluding hydrogens is 338 g/mol. The number of carbonyl (C=O) groups is 1. The van der Waals surface area contributed by atoms with Crippen molar-refractivity contribution in [2.24, 2.45) is 0 Å². The second-order valence-electron chi connectivity index (χ2n) is 4.92. The molecule has 0 aromatic heterocycles. The molecule has 2 aromatic rings. The molecule has 1 aliphatic rings. The third-order valence-electron chi connectivity index (χ3n) is 3.39. The Morgan fingerprint density at radius 3 is 2.75 bits per heavy atom. The van der Waals surface area contributed by atoms with Crippen molar-refractivity contribution in [2.45, 2.75) is 6.10 Å². The quantitative estimate of drug-likeness (QED) is 0.501. The minimum Gasteiger partial charge on any atom is -0.477 e. The highest BCUT2D eigenvalue weighted by Gasteiger charge is 2.29. The number of benzene rings is 2. The maximum absolute atomic E-state index is 11.1. The van der Waals surface area contributed by atoms with E-state index < -0.39 is 17.2 Å². The van der Waals surface area contributed by atoms with Gasteiger partial charge in [-0.2, -0.15) is 0 Å². The summed E-state index contributed by atoms with van der Waals surface area (Å²) in [5.74, 6) is 0.524. The van der Waals surface area contributed by atoms with E-state index in [-0.39, 0.29) is 16.5 Å². The number of hydrogen-bond acceptors (Lipinski definition) is 5. The van der Waals surface area contributed by atoms with Crippen LogP contribution in [0.5, 0.6) is 5.75 Å². The number of ether oxygens (including phenoxy) is 2. The molecule has 2 aromatic carbocycles. The van der Waals surface area contributed by atoms with Gasteiger partial charge in [-0.25, -0.2) is 4.79 Å². The van der Waals surface area contributed by atoms with Crippen LogP contribution in [0.15, 0.2) is 48.2 Å². The Morgan fingerprint density at radius 2 is 2.04 bits per heavy atom. The summed E-state index contributed by atoms with van der Waals surface area (Å²) in [5, 5.41) is 19.9. The average molecular weight is 348 g/mol. The first-order valence-corrected chi connectivity index (χ1v) is 7.15. The molecule has 1 heterocycles. The van der Waals surface area contributed by atoms with Crippen LogP contribution in [0.1, 0.15) is 17.2 Å². The van der Waals surface area contributed by atoms with Crippen LogP contribution >= 0.6 is 11.6 Å². The number of nitro benzene ring substituents is 1.